The minimum Gasteiger partial charge on any atom is -0.365 e. The smallest absolute Gasteiger partial charge is 0.229 e. The standard InChI is InChI=1S/C25H32N4O/c1-18(19-10-6-5-7-11-19)24(30)28-16-13-20(14-17-28)22-23(27-25(2,3)4)29-15-9-8-12-21(29)26-22/h5-12,15,18,20,27H,13-14,16-17H2,1-4H3. The molecule has 1 saturated heterocycles. The fourth-order valence-corrected chi connectivity index (χ4v) is 4.31. The Labute approximate surface area is 179 Å². The summed E-state index contributed by atoms with van der Waals surface area (Å²) in [5, 5.41) is 3.66. The van der Waals surface area contributed by atoms with Crippen LogP contribution in [-0.4, -0.2) is 38.8 Å². The highest BCUT2D eigenvalue weighted by molar-refractivity contribution is 5.83. The molecule has 0 bridgehead atoms. The number of carbonyl (C=O) groups is 1. The van der Waals surface area contributed by atoms with E-state index in [0.29, 0.717) is 5.92 Å². The Morgan fingerprint density at radius 3 is 2.40 bits per heavy atom. The summed E-state index contributed by atoms with van der Waals surface area (Å²) >= 11 is 0. The van der Waals surface area contributed by atoms with Gasteiger partial charge in [0.15, 0.2) is 0 Å². The van der Waals surface area contributed by atoms with Gasteiger partial charge in [0, 0.05) is 30.7 Å². The Morgan fingerprint density at radius 2 is 1.73 bits per heavy atom. The number of imidazole rings is 1. The molecule has 3 aromatic rings. The van der Waals surface area contributed by atoms with Gasteiger partial charge in [-0.2, -0.15) is 0 Å². The Morgan fingerprint density at radius 1 is 1.07 bits per heavy atom. The fraction of sp³-hybridized carbons (Fsp3) is 0.440. The van der Waals surface area contributed by atoms with Crippen molar-refractivity contribution in [1.29, 1.82) is 0 Å². The van der Waals surface area contributed by atoms with Gasteiger partial charge in [0.05, 0.1) is 11.6 Å². The predicted molar refractivity (Wildman–Crippen MR) is 122 cm³/mol. The van der Waals surface area contributed by atoms with Crippen molar-refractivity contribution >= 4 is 17.4 Å². The molecule has 30 heavy (non-hydrogen) atoms. The first-order valence-electron chi connectivity index (χ1n) is 10.9. The quantitative estimate of drug-likeness (QED) is 0.662. The number of fused-ring (bicyclic) bond motifs is 1. The van der Waals surface area contributed by atoms with E-state index in [4.69, 9.17) is 4.98 Å². The number of carbonyl (C=O) groups excluding carboxylic acids is 1. The summed E-state index contributed by atoms with van der Waals surface area (Å²) in [7, 11) is 0. The molecule has 1 amide bonds. The first-order chi connectivity index (χ1) is 14.3. The first kappa shape index (κ1) is 20.5. The molecule has 1 aliphatic heterocycles. The molecule has 0 radical (unpaired) electrons. The minimum atomic E-state index is -0.101. The molecular formula is C25H32N4O. The highest BCUT2D eigenvalue weighted by Gasteiger charge is 2.31. The van der Waals surface area contributed by atoms with Crippen LogP contribution >= 0.6 is 0 Å². The zero-order valence-corrected chi connectivity index (χ0v) is 18.4. The average molecular weight is 405 g/mol. The lowest BCUT2D eigenvalue weighted by atomic mass is 9.91. The molecule has 5 heteroatoms. The number of amides is 1. The largest absolute Gasteiger partial charge is 0.365 e. The molecule has 4 rings (SSSR count). The van der Waals surface area contributed by atoms with Crippen molar-refractivity contribution < 1.29 is 4.79 Å². The van der Waals surface area contributed by atoms with Crippen molar-refractivity contribution in [3.8, 4) is 0 Å². The Kier molecular flexibility index (Phi) is 5.54. The van der Waals surface area contributed by atoms with Crippen molar-refractivity contribution in [1.82, 2.24) is 14.3 Å². The summed E-state index contributed by atoms with van der Waals surface area (Å²) in [6.45, 7) is 10.1. The Balaban J connectivity index is 1.51. The maximum atomic E-state index is 13.0. The number of anilines is 1. The Hall–Kier alpha value is -2.82. The van der Waals surface area contributed by atoms with Crippen molar-refractivity contribution in [2.75, 3.05) is 18.4 Å². The maximum Gasteiger partial charge on any atom is 0.229 e. The molecule has 0 aliphatic carbocycles. The molecule has 0 saturated carbocycles. The number of likely N-dealkylation sites (tertiary alicyclic amines) is 1. The molecule has 1 unspecified atom stereocenters. The number of aromatic nitrogens is 2. The van der Waals surface area contributed by atoms with Crippen molar-refractivity contribution in [2.45, 2.75) is 57.9 Å². The van der Waals surface area contributed by atoms with E-state index in [1.54, 1.807) is 0 Å². The second-order valence-electron chi connectivity index (χ2n) is 9.38. The van der Waals surface area contributed by atoms with Gasteiger partial charge < -0.3 is 10.2 Å². The second-order valence-corrected chi connectivity index (χ2v) is 9.38. The number of nitrogens with zero attached hydrogens (tertiary/aromatic N) is 3. The van der Waals surface area contributed by atoms with Crippen molar-refractivity contribution in [2.24, 2.45) is 0 Å². The number of hydrogen-bond acceptors (Lipinski definition) is 3. The molecule has 2 aromatic heterocycles. The zero-order valence-electron chi connectivity index (χ0n) is 18.4. The SMILES string of the molecule is CC(C(=O)N1CCC(c2nc3ccccn3c2NC(C)(C)C)CC1)c1ccccc1. The lowest BCUT2D eigenvalue weighted by Crippen LogP contribution is -2.40. The van der Waals surface area contributed by atoms with Gasteiger partial charge in [0.2, 0.25) is 5.91 Å². The summed E-state index contributed by atoms with van der Waals surface area (Å²) in [6, 6.07) is 16.2. The molecule has 5 nitrogen and oxygen atoms in total. The van der Waals surface area contributed by atoms with Crippen LogP contribution in [0, 0.1) is 0 Å². The second kappa shape index (κ2) is 8.13. The molecule has 1 fully saturated rings. The van der Waals surface area contributed by atoms with Gasteiger partial charge >= 0.3 is 0 Å². The van der Waals surface area contributed by atoms with Gasteiger partial charge in [0.25, 0.3) is 0 Å². The highest BCUT2D eigenvalue weighted by atomic mass is 16.2. The van der Waals surface area contributed by atoms with Crippen LogP contribution in [0.3, 0.4) is 0 Å². The summed E-state index contributed by atoms with van der Waals surface area (Å²) in [6.07, 6.45) is 3.95. The molecule has 0 spiro atoms. The maximum absolute atomic E-state index is 13.0. The van der Waals surface area contributed by atoms with E-state index >= 15 is 0 Å². The monoisotopic (exact) mass is 404 g/mol. The van der Waals surface area contributed by atoms with Crippen LogP contribution in [0.1, 0.15) is 63.6 Å². The number of rotatable bonds is 4. The third kappa shape index (κ3) is 4.20. The third-order valence-corrected chi connectivity index (χ3v) is 5.91. The van der Waals surface area contributed by atoms with E-state index < -0.39 is 0 Å². The normalized spacial score (nSPS) is 16.6. The highest BCUT2D eigenvalue weighted by Crippen LogP contribution is 2.35. The molecular weight excluding hydrogens is 372 g/mol. The van der Waals surface area contributed by atoms with E-state index in [1.807, 2.05) is 54.3 Å². The van der Waals surface area contributed by atoms with Crippen molar-refractivity contribution in [3.05, 3.63) is 66.0 Å². The van der Waals surface area contributed by atoms with Crippen LogP contribution < -0.4 is 5.32 Å². The van der Waals surface area contributed by atoms with Crippen LogP contribution in [0.15, 0.2) is 54.7 Å². The summed E-state index contributed by atoms with van der Waals surface area (Å²) in [4.78, 5) is 20.0. The van der Waals surface area contributed by atoms with Crippen molar-refractivity contribution in [3.63, 3.8) is 0 Å². The van der Waals surface area contributed by atoms with Crippen LogP contribution in [-0.2, 0) is 4.79 Å². The van der Waals surface area contributed by atoms with E-state index in [9.17, 15) is 4.79 Å². The molecule has 1 atom stereocenters. The topological polar surface area (TPSA) is 49.6 Å². The molecule has 3 heterocycles. The number of pyridine rings is 1. The summed E-state index contributed by atoms with van der Waals surface area (Å²) in [5.74, 6) is 1.56. The van der Waals surface area contributed by atoms with Gasteiger partial charge in [-0.25, -0.2) is 4.98 Å². The summed E-state index contributed by atoms with van der Waals surface area (Å²) < 4.78 is 2.15. The zero-order chi connectivity index (χ0) is 21.3. The van der Waals surface area contributed by atoms with E-state index in [-0.39, 0.29) is 17.4 Å². The van der Waals surface area contributed by atoms with Gasteiger partial charge in [-0.15, -0.1) is 0 Å². The van der Waals surface area contributed by atoms with E-state index in [0.717, 1.165) is 48.7 Å². The van der Waals surface area contributed by atoms with Crippen LogP contribution in [0.25, 0.3) is 5.65 Å². The number of benzene rings is 1. The fourth-order valence-electron chi connectivity index (χ4n) is 4.31. The van der Waals surface area contributed by atoms with Gasteiger partial charge in [-0.3, -0.25) is 9.20 Å². The molecule has 158 valence electrons. The predicted octanol–water partition coefficient (Wildman–Crippen LogP) is 5.05. The molecule has 1 aromatic carbocycles. The number of hydrogen-bond donors (Lipinski definition) is 1. The lowest BCUT2D eigenvalue weighted by Gasteiger charge is -2.34. The first-order valence-corrected chi connectivity index (χ1v) is 10.9. The molecule has 1 N–H and O–H groups in total. The van der Waals surface area contributed by atoms with Crippen LogP contribution in [0.2, 0.25) is 0 Å². The summed E-state index contributed by atoms with van der Waals surface area (Å²) in [5.41, 5.74) is 3.12. The van der Waals surface area contributed by atoms with Crippen LogP contribution in [0.5, 0.6) is 0 Å². The number of nitrogens with one attached hydrogen (secondary N) is 1. The Bertz CT molecular complexity index is 1010. The van der Waals surface area contributed by atoms with E-state index in [2.05, 4.69) is 42.8 Å². The average Bonchev–Trinajstić information content (AvgIpc) is 3.10. The molecule has 1 aliphatic rings. The van der Waals surface area contributed by atoms with Gasteiger partial charge in [-0.1, -0.05) is 36.4 Å². The minimum absolute atomic E-state index is 0.0532. The number of piperidine rings is 1. The van der Waals surface area contributed by atoms with E-state index in [1.165, 1.54) is 0 Å². The van der Waals surface area contributed by atoms with Crippen LogP contribution in [0.4, 0.5) is 5.82 Å². The third-order valence-electron chi connectivity index (χ3n) is 5.91. The van der Waals surface area contributed by atoms with Gasteiger partial charge in [-0.05, 0) is 58.2 Å². The lowest BCUT2D eigenvalue weighted by molar-refractivity contribution is -0.133. The van der Waals surface area contributed by atoms with Gasteiger partial charge in [0.1, 0.15) is 11.5 Å².